The third kappa shape index (κ3) is 4.16. The van der Waals surface area contributed by atoms with Crippen molar-refractivity contribution >= 4 is 27.3 Å². The van der Waals surface area contributed by atoms with E-state index in [-0.39, 0.29) is 16.8 Å². The van der Waals surface area contributed by atoms with Gasteiger partial charge in [-0.2, -0.15) is 0 Å². The molecule has 1 heterocycles. The van der Waals surface area contributed by atoms with Crippen LogP contribution in [-0.4, -0.2) is 14.3 Å². The summed E-state index contributed by atoms with van der Waals surface area (Å²) >= 11 is 1.58. The summed E-state index contributed by atoms with van der Waals surface area (Å²) in [4.78, 5) is 14.7. The van der Waals surface area contributed by atoms with Crippen molar-refractivity contribution in [1.29, 1.82) is 0 Å². The molecule has 0 unspecified atom stereocenters. The summed E-state index contributed by atoms with van der Waals surface area (Å²) in [6, 6.07) is 8.05. The van der Waals surface area contributed by atoms with E-state index in [4.69, 9.17) is 5.14 Å². The average Bonchev–Trinajstić information content (AvgIpc) is 2.96. The minimum absolute atomic E-state index is 0.0633. The molecule has 0 bridgehead atoms. The van der Waals surface area contributed by atoms with Gasteiger partial charge in [0.15, 0.2) is 0 Å². The second kappa shape index (κ2) is 6.79. The van der Waals surface area contributed by atoms with Crippen LogP contribution in [0.2, 0.25) is 0 Å². The third-order valence-electron chi connectivity index (χ3n) is 4.87. The summed E-state index contributed by atoms with van der Waals surface area (Å²) in [5.74, 6) is -0.0924. The summed E-state index contributed by atoms with van der Waals surface area (Å²) in [5.41, 5.74) is 2.41. The number of thiophene rings is 1. The molecule has 26 heavy (non-hydrogen) atoms. The zero-order chi connectivity index (χ0) is 19.1. The van der Waals surface area contributed by atoms with Crippen LogP contribution < -0.4 is 10.5 Å². The van der Waals surface area contributed by atoms with Crippen LogP contribution in [-0.2, 0) is 22.9 Å². The van der Waals surface area contributed by atoms with E-state index in [9.17, 15) is 13.2 Å². The zero-order valence-corrected chi connectivity index (χ0v) is 16.8. The molecule has 1 aromatic heterocycles. The Kier molecular flexibility index (Phi) is 4.98. The SMILES string of the molecule is C[C@@H](NC(=O)c1cc2c(s1)CCC(C)(C)C2)c1ccc(S(N)(=O)=O)cc1. The quantitative estimate of drug-likeness (QED) is 0.836. The monoisotopic (exact) mass is 392 g/mol. The van der Waals surface area contributed by atoms with E-state index in [2.05, 4.69) is 19.2 Å². The number of nitrogens with two attached hydrogens (primary N) is 1. The second-order valence-corrected chi connectivity index (χ2v) is 10.4. The van der Waals surface area contributed by atoms with Crippen LogP contribution in [0.15, 0.2) is 35.2 Å². The topological polar surface area (TPSA) is 89.3 Å². The zero-order valence-electron chi connectivity index (χ0n) is 15.2. The first-order chi connectivity index (χ1) is 12.0. The van der Waals surface area contributed by atoms with Crippen molar-refractivity contribution in [2.75, 3.05) is 0 Å². The van der Waals surface area contributed by atoms with E-state index in [0.29, 0.717) is 5.41 Å². The fourth-order valence-electron chi connectivity index (χ4n) is 3.29. The molecule has 0 saturated carbocycles. The highest BCUT2D eigenvalue weighted by molar-refractivity contribution is 7.89. The summed E-state index contributed by atoms with van der Waals surface area (Å²) < 4.78 is 22.7. The fraction of sp³-hybridized carbons (Fsp3) is 0.421. The lowest BCUT2D eigenvalue weighted by Gasteiger charge is -2.29. The number of amides is 1. The normalized spacial score (nSPS) is 17.4. The van der Waals surface area contributed by atoms with E-state index in [1.165, 1.54) is 22.6 Å². The lowest BCUT2D eigenvalue weighted by atomic mass is 9.77. The smallest absolute Gasteiger partial charge is 0.261 e. The Morgan fingerprint density at radius 1 is 1.27 bits per heavy atom. The van der Waals surface area contributed by atoms with Gasteiger partial charge < -0.3 is 5.32 Å². The number of hydrogen-bond acceptors (Lipinski definition) is 4. The molecule has 0 aliphatic heterocycles. The van der Waals surface area contributed by atoms with Crippen LogP contribution in [0.4, 0.5) is 0 Å². The Morgan fingerprint density at radius 2 is 1.92 bits per heavy atom. The van der Waals surface area contributed by atoms with Crippen LogP contribution in [0.1, 0.15) is 58.9 Å². The number of hydrogen-bond donors (Lipinski definition) is 2. The minimum Gasteiger partial charge on any atom is -0.345 e. The van der Waals surface area contributed by atoms with Crippen molar-refractivity contribution in [1.82, 2.24) is 5.32 Å². The van der Waals surface area contributed by atoms with E-state index >= 15 is 0 Å². The van der Waals surface area contributed by atoms with E-state index in [1.807, 2.05) is 13.0 Å². The maximum absolute atomic E-state index is 12.6. The van der Waals surface area contributed by atoms with Gasteiger partial charge in [-0.1, -0.05) is 26.0 Å². The van der Waals surface area contributed by atoms with Crippen molar-refractivity contribution < 1.29 is 13.2 Å². The van der Waals surface area contributed by atoms with E-state index < -0.39 is 10.0 Å². The van der Waals surface area contributed by atoms with Crippen LogP contribution >= 0.6 is 11.3 Å². The largest absolute Gasteiger partial charge is 0.345 e. The number of sulfonamides is 1. The summed E-state index contributed by atoms with van der Waals surface area (Å²) in [6.45, 7) is 6.40. The molecule has 0 fully saturated rings. The second-order valence-electron chi connectivity index (χ2n) is 7.71. The molecule has 3 N–H and O–H groups in total. The molecule has 0 saturated heterocycles. The first kappa shape index (κ1) is 19.1. The minimum atomic E-state index is -3.71. The molecule has 1 aliphatic rings. The van der Waals surface area contributed by atoms with Gasteiger partial charge in [-0.25, -0.2) is 13.6 Å². The lowest BCUT2D eigenvalue weighted by Crippen LogP contribution is -2.26. The summed E-state index contributed by atoms with van der Waals surface area (Å²) in [7, 11) is -3.71. The highest BCUT2D eigenvalue weighted by atomic mass is 32.2. The first-order valence-electron chi connectivity index (χ1n) is 8.60. The van der Waals surface area contributed by atoms with Crippen LogP contribution in [0, 0.1) is 5.41 Å². The number of nitrogens with one attached hydrogen (secondary N) is 1. The Balaban J connectivity index is 1.71. The Hall–Kier alpha value is -1.70. The van der Waals surface area contributed by atoms with Gasteiger partial charge in [0.1, 0.15) is 0 Å². The van der Waals surface area contributed by atoms with E-state index in [1.54, 1.807) is 23.5 Å². The molecule has 3 rings (SSSR count). The molecule has 1 atom stereocenters. The van der Waals surface area contributed by atoms with Gasteiger partial charge in [0.25, 0.3) is 5.91 Å². The Morgan fingerprint density at radius 3 is 2.54 bits per heavy atom. The van der Waals surface area contributed by atoms with Crippen molar-refractivity contribution in [3.8, 4) is 0 Å². The molecule has 2 aromatic rings. The van der Waals surface area contributed by atoms with Crippen molar-refractivity contribution in [2.45, 2.75) is 51.0 Å². The Labute approximate surface area is 158 Å². The van der Waals surface area contributed by atoms with Crippen molar-refractivity contribution in [2.24, 2.45) is 10.6 Å². The number of benzene rings is 1. The predicted molar refractivity (Wildman–Crippen MR) is 104 cm³/mol. The van der Waals surface area contributed by atoms with Gasteiger partial charge in [-0.15, -0.1) is 11.3 Å². The molecule has 0 radical (unpaired) electrons. The molecule has 1 aromatic carbocycles. The molecular formula is C19H24N2O3S2. The van der Waals surface area contributed by atoms with Crippen LogP contribution in [0.25, 0.3) is 0 Å². The number of rotatable bonds is 4. The molecule has 5 nitrogen and oxygen atoms in total. The van der Waals surface area contributed by atoms with Crippen molar-refractivity contribution in [3.05, 3.63) is 51.2 Å². The Bertz CT molecular complexity index is 928. The maximum Gasteiger partial charge on any atom is 0.261 e. The van der Waals surface area contributed by atoms with Gasteiger partial charge >= 0.3 is 0 Å². The fourth-order valence-corrected chi connectivity index (χ4v) is 4.89. The average molecular weight is 393 g/mol. The first-order valence-corrected chi connectivity index (χ1v) is 11.0. The lowest BCUT2D eigenvalue weighted by molar-refractivity contribution is 0.0944. The molecule has 1 aliphatic carbocycles. The maximum atomic E-state index is 12.6. The highest BCUT2D eigenvalue weighted by Gasteiger charge is 2.28. The number of fused-ring (bicyclic) bond motifs is 1. The number of aryl methyl sites for hydroxylation is 1. The summed E-state index contributed by atoms with van der Waals surface area (Å²) in [6.07, 6.45) is 3.19. The standard InChI is InChI=1S/C19H24N2O3S2/c1-12(13-4-6-15(7-5-13)26(20,23)24)21-18(22)17-10-14-11-19(2,3)9-8-16(14)25-17/h4-7,10,12H,8-9,11H2,1-3H3,(H,21,22)(H2,20,23,24)/t12-/m1/s1. The predicted octanol–water partition coefficient (Wildman–Crippen LogP) is 3.40. The molecule has 7 heteroatoms. The highest BCUT2D eigenvalue weighted by Crippen LogP contribution is 2.38. The van der Waals surface area contributed by atoms with Gasteiger partial charge in [0, 0.05) is 4.88 Å². The summed E-state index contributed by atoms with van der Waals surface area (Å²) in [5, 5.41) is 8.10. The number of primary sulfonamides is 1. The third-order valence-corrected chi connectivity index (χ3v) is 7.04. The van der Waals surface area contributed by atoms with Gasteiger partial charge in [-0.3, -0.25) is 4.79 Å². The van der Waals surface area contributed by atoms with Crippen molar-refractivity contribution in [3.63, 3.8) is 0 Å². The molecule has 1 amide bonds. The number of carbonyl (C=O) groups is 1. The van der Waals surface area contributed by atoms with E-state index in [0.717, 1.165) is 29.7 Å². The number of carbonyl (C=O) groups excluding carboxylic acids is 1. The van der Waals surface area contributed by atoms with Gasteiger partial charge in [0.2, 0.25) is 10.0 Å². The van der Waals surface area contributed by atoms with Gasteiger partial charge in [0.05, 0.1) is 15.8 Å². The molecule has 140 valence electrons. The molecule has 0 spiro atoms. The van der Waals surface area contributed by atoms with Gasteiger partial charge in [-0.05, 0) is 60.9 Å². The molecular weight excluding hydrogens is 368 g/mol. The van der Waals surface area contributed by atoms with Crippen LogP contribution in [0.5, 0.6) is 0 Å². The van der Waals surface area contributed by atoms with Crippen LogP contribution in [0.3, 0.4) is 0 Å².